The van der Waals surface area contributed by atoms with E-state index in [1.807, 2.05) is 0 Å². The van der Waals surface area contributed by atoms with E-state index in [1.54, 1.807) is 0 Å². The first-order chi connectivity index (χ1) is 11.2. The number of hydrogen-bond donors (Lipinski definition) is 3. The van der Waals surface area contributed by atoms with Crippen molar-refractivity contribution in [3.05, 3.63) is 0 Å². The summed E-state index contributed by atoms with van der Waals surface area (Å²) in [6.07, 6.45) is 18.0. The van der Waals surface area contributed by atoms with Gasteiger partial charge in [0.1, 0.15) is 6.23 Å². The van der Waals surface area contributed by atoms with Gasteiger partial charge >= 0.3 is 0 Å². The summed E-state index contributed by atoms with van der Waals surface area (Å²) in [7, 11) is 0. The monoisotopic (exact) mass is 345 g/mol. The molecule has 0 amide bonds. The van der Waals surface area contributed by atoms with Crippen LogP contribution >= 0.6 is 12.2 Å². The molecular formula is C19H39NO2S. The van der Waals surface area contributed by atoms with Crippen molar-refractivity contribution in [2.45, 2.75) is 109 Å². The Morgan fingerprint density at radius 2 is 1.26 bits per heavy atom. The molecule has 0 aromatic heterocycles. The van der Waals surface area contributed by atoms with Crippen molar-refractivity contribution < 1.29 is 10.2 Å². The van der Waals surface area contributed by atoms with Crippen molar-refractivity contribution in [2.75, 3.05) is 6.61 Å². The summed E-state index contributed by atoms with van der Waals surface area (Å²) in [5.74, 6) is 0. The third kappa shape index (κ3) is 18.0. The summed E-state index contributed by atoms with van der Waals surface area (Å²) in [5, 5.41) is 21.0. The van der Waals surface area contributed by atoms with Gasteiger partial charge in [-0.05, 0) is 12.8 Å². The maximum atomic E-state index is 9.46. The first-order valence-electron chi connectivity index (χ1n) is 9.79. The summed E-state index contributed by atoms with van der Waals surface area (Å²) < 4.78 is 0. The predicted octanol–water partition coefficient (Wildman–Crippen LogP) is 5.09. The van der Waals surface area contributed by atoms with Crippen LogP contribution in [0.3, 0.4) is 0 Å². The van der Waals surface area contributed by atoms with E-state index in [2.05, 4.69) is 12.2 Å². The maximum absolute atomic E-state index is 9.46. The van der Waals surface area contributed by atoms with Crippen molar-refractivity contribution in [3.8, 4) is 0 Å². The van der Waals surface area contributed by atoms with Crippen LogP contribution in [-0.2, 0) is 0 Å². The lowest BCUT2D eigenvalue weighted by atomic mass is 10.0. The zero-order chi connectivity index (χ0) is 17.2. The van der Waals surface area contributed by atoms with E-state index < -0.39 is 6.23 Å². The fourth-order valence-electron chi connectivity index (χ4n) is 2.76. The molecule has 0 radical (unpaired) electrons. The number of nitrogens with one attached hydrogen (secondary N) is 1. The highest BCUT2D eigenvalue weighted by molar-refractivity contribution is 7.80. The molecule has 0 saturated carbocycles. The topological polar surface area (TPSA) is 52.5 Å². The quantitative estimate of drug-likeness (QED) is 0.195. The number of rotatable bonds is 17. The van der Waals surface area contributed by atoms with E-state index in [-0.39, 0.29) is 6.61 Å². The first kappa shape index (κ1) is 22.8. The van der Waals surface area contributed by atoms with E-state index in [1.165, 1.54) is 77.0 Å². The molecule has 0 heterocycles. The Morgan fingerprint density at radius 1 is 0.826 bits per heavy atom. The second-order valence-corrected chi connectivity index (χ2v) is 7.08. The minimum absolute atomic E-state index is 0.0183. The molecule has 0 aliphatic heterocycles. The lowest BCUT2D eigenvalue weighted by molar-refractivity contribution is 0.121. The lowest BCUT2D eigenvalue weighted by Gasteiger charge is -2.13. The van der Waals surface area contributed by atoms with E-state index in [0.717, 1.165) is 12.8 Å². The average molecular weight is 346 g/mol. The fourth-order valence-corrected chi connectivity index (χ4v) is 3.04. The molecule has 3 nitrogen and oxygen atoms in total. The van der Waals surface area contributed by atoms with Gasteiger partial charge in [0.15, 0.2) is 0 Å². The summed E-state index contributed by atoms with van der Waals surface area (Å²) in [5.41, 5.74) is 0. The van der Waals surface area contributed by atoms with E-state index in [9.17, 15) is 5.11 Å². The first-order valence-corrected chi connectivity index (χ1v) is 10.2. The van der Waals surface area contributed by atoms with Gasteiger partial charge in [0.05, 0.1) is 4.99 Å². The molecule has 0 aliphatic rings. The average Bonchev–Trinajstić information content (AvgIpc) is 2.52. The zero-order valence-electron chi connectivity index (χ0n) is 15.2. The maximum Gasteiger partial charge on any atom is 0.127 e. The van der Waals surface area contributed by atoms with Gasteiger partial charge in [-0.15, -0.1) is 0 Å². The van der Waals surface area contributed by atoms with Crippen LogP contribution in [0.2, 0.25) is 0 Å². The molecule has 0 fully saturated rings. The van der Waals surface area contributed by atoms with Gasteiger partial charge in [-0.2, -0.15) is 0 Å². The molecule has 0 aromatic carbocycles. The molecule has 0 bridgehead atoms. The number of aliphatic hydroxyl groups is 2. The van der Waals surface area contributed by atoms with Gasteiger partial charge in [0, 0.05) is 13.0 Å². The third-order valence-electron chi connectivity index (χ3n) is 4.24. The standard InChI is InChI=1S/C19H39NO2S/c1-2-3-4-5-6-7-8-9-10-11-12-13-14-15-19(23)20-18(22)16-17-21/h18,21-22H,2-17H2,1H3,(H,20,23). The Balaban J connectivity index is 3.17. The van der Waals surface area contributed by atoms with Crippen LogP contribution in [-0.4, -0.2) is 28.0 Å². The summed E-state index contributed by atoms with van der Waals surface area (Å²) in [6.45, 7) is 2.25. The highest BCUT2D eigenvalue weighted by Crippen LogP contribution is 2.13. The highest BCUT2D eigenvalue weighted by atomic mass is 32.1. The van der Waals surface area contributed by atoms with Crippen LogP contribution in [0, 0.1) is 0 Å². The van der Waals surface area contributed by atoms with Gasteiger partial charge in [-0.1, -0.05) is 96.2 Å². The number of unbranched alkanes of at least 4 members (excludes halogenated alkanes) is 12. The Labute approximate surface area is 149 Å². The minimum atomic E-state index is -0.700. The van der Waals surface area contributed by atoms with Crippen LogP contribution in [0.5, 0.6) is 0 Å². The van der Waals surface area contributed by atoms with Crippen LogP contribution in [0.4, 0.5) is 0 Å². The van der Waals surface area contributed by atoms with Gasteiger partial charge in [-0.25, -0.2) is 0 Å². The smallest absolute Gasteiger partial charge is 0.127 e. The molecular weight excluding hydrogens is 306 g/mol. The molecule has 4 heteroatoms. The summed E-state index contributed by atoms with van der Waals surface area (Å²) >= 11 is 5.18. The number of aliphatic hydroxyl groups excluding tert-OH is 2. The molecule has 0 aromatic rings. The largest absolute Gasteiger partial charge is 0.396 e. The van der Waals surface area contributed by atoms with Gasteiger partial charge in [0.25, 0.3) is 0 Å². The van der Waals surface area contributed by atoms with Crippen molar-refractivity contribution in [2.24, 2.45) is 0 Å². The molecule has 1 unspecified atom stereocenters. The van der Waals surface area contributed by atoms with Crippen molar-refractivity contribution in [1.29, 1.82) is 0 Å². The molecule has 0 aliphatic carbocycles. The van der Waals surface area contributed by atoms with E-state index in [0.29, 0.717) is 11.4 Å². The van der Waals surface area contributed by atoms with Gasteiger partial charge in [-0.3, -0.25) is 0 Å². The third-order valence-corrected chi connectivity index (χ3v) is 4.56. The fraction of sp³-hybridized carbons (Fsp3) is 0.947. The highest BCUT2D eigenvalue weighted by Gasteiger charge is 2.04. The number of thiocarbonyl (C=S) groups is 1. The molecule has 0 rings (SSSR count). The van der Waals surface area contributed by atoms with Crippen molar-refractivity contribution in [3.63, 3.8) is 0 Å². The Hall–Kier alpha value is -0.190. The van der Waals surface area contributed by atoms with Crippen LogP contribution in [0.15, 0.2) is 0 Å². The second kappa shape index (κ2) is 18.2. The molecule has 1 atom stereocenters. The zero-order valence-corrected chi connectivity index (χ0v) is 16.0. The molecule has 23 heavy (non-hydrogen) atoms. The summed E-state index contributed by atoms with van der Waals surface area (Å²) in [6, 6.07) is 0. The Morgan fingerprint density at radius 3 is 1.70 bits per heavy atom. The molecule has 0 saturated heterocycles. The van der Waals surface area contributed by atoms with Crippen LogP contribution in [0.1, 0.15) is 103 Å². The molecule has 138 valence electrons. The van der Waals surface area contributed by atoms with Gasteiger partial charge < -0.3 is 15.5 Å². The lowest BCUT2D eigenvalue weighted by Crippen LogP contribution is -2.33. The predicted molar refractivity (Wildman–Crippen MR) is 104 cm³/mol. The van der Waals surface area contributed by atoms with Gasteiger partial charge in [0.2, 0.25) is 0 Å². The Bertz CT molecular complexity index is 262. The van der Waals surface area contributed by atoms with Crippen LogP contribution in [0.25, 0.3) is 0 Å². The number of hydrogen-bond acceptors (Lipinski definition) is 3. The van der Waals surface area contributed by atoms with E-state index in [4.69, 9.17) is 17.3 Å². The molecule has 0 spiro atoms. The second-order valence-electron chi connectivity index (χ2n) is 6.59. The van der Waals surface area contributed by atoms with Crippen LogP contribution < -0.4 is 5.32 Å². The molecule has 3 N–H and O–H groups in total. The SMILES string of the molecule is CCCCCCCCCCCCCCCC(=S)NC(O)CCO. The Kier molecular flexibility index (Phi) is 18.0. The van der Waals surface area contributed by atoms with Crippen molar-refractivity contribution >= 4 is 17.2 Å². The van der Waals surface area contributed by atoms with Crippen molar-refractivity contribution in [1.82, 2.24) is 5.32 Å². The normalized spacial score (nSPS) is 12.3. The minimum Gasteiger partial charge on any atom is -0.396 e. The van der Waals surface area contributed by atoms with E-state index >= 15 is 0 Å². The summed E-state index contributed by atoms with van der Waals surface area (Å²) in [4.78, 5) is 0.717.